The zero-order valence-corrected chi connectivity index (χ0v) is 10.5. The van der Waals surface area contributed by atoms with Crippen LogP contribution in [0.1, 0.15) is 5.69 Å². The smallest absolute Gasteiger partial charge is 0.255 e. The second-order valence-corrected chi connectivity index (χ2v) is 5.89. The maximum absolute atomic E-state index is 12.7. The average Bonchev–Trinajstić information content (AvgIpc) is 2.63. The van der Waals surface area contributed by atoms with Crippen molar-refractivity contribution in [2.24, 2.45) is 0 Å². The molecule has 0 unspecified atom stereocenters. The highest BCUT2D eigenvalue weighted by molar-refractivity contribution is 7.93. The Bertz CT molecular complexity index is 620. The molecule has 1 aromatic heterocycles. The van der Waals surface area contributed by atoms with Crippen LogP contribution in [0.4, 0.5) is 9.52 Å². The van der Waals surface area contributed by atoms with Crippen molar-refractivity contribution in [2.75, 3.05) is 4.72 Å². The molecule has 4 nitrogen and oxygen atoms in total. The first-order chi connectivity index (χ1) is 7.97. The first kappa shape index (κ1) is 12.0. The number of nitrogens with zero attached hydrogens (tertiary/aromatic N) is 1. The van der Waals surface area contributed by atoms with Gasteiger partial charge in [-0.3, -0.25) is 4.72 Å². The Hall–Kier alpha value is -1.47. The minimum Gasteiger partial charge on any atom is -0.255 e. The molecule has 1 heterocycles. The van der Waals surface area contributed by atoms with Crippen molar-refractivity contribution in [1.29, 1.82) is 0 Å². The van der Waals surface area contributed by atoms with Gasteiger partial charge in [0.1, 0.15) is 5.82 Å². The van der Waals surface area contributed by atoms with Crippen LogP contribution in [0.15, 0.2) is 34.5 Å². The number of benzene rings is 1. The van der Waals surface area contributed by atoms with Gasteiger partial charge in [-0.2, -0.15) is 0 Å². The van der Waals surface area contributed by atoms with Crippen molar-refractivity contribution >= 4 is 26.5 Å². The molecule has 1 aromatic carbocycles. The summed E-state index contributed by atoms with van der Waals surface area (Å²) in [6.45, 7) is 1.77. The Morgan fingerprint density at radius 3 is 2.47 bits per heavy atom. The van der Waals surface area contributed by atoms with Gasteiger partial charge >= 0.3 is 0 Å². The molecule has 2 rings (SSSR count). The molecule has 0 radical (unpaired) electrons. The van der Waals surface area contributed by atoms with Crippen molar-refractivity contribution < 1.29 is 12.8 Å². The summed E-state index contributed by atoms with van der Waals surface area (Å²) in [6, 6.07) is 4.61. The minimum absolute atomic E-state index is 0.00625. The minimum atomic E-state index is -3.69. The molecule has 0 bridgehead atoms. The number of hydrogen-bond acceptors (Lipinski definition) is 4. The molecule has 2 aromatic rings. The Labute approximate surface area is 102 Å². The summed E-state index contributed by atoms with van der Waals surface area (Å²) in [5, 5.41) is 2.04. The third kappa shape index (κ3) is 2.80. The summed E-state index contributed by atoms with van der Waals surface area (Å²) >= 11 is 1.20. The number of aromatic nitrogens is 1. The van der Waals surface area contributed by atoms with Crippen molar-refractivity contribution in [3.05, 3.63) is 41.2 Å². The van der Waals surface area contributed by atoms with Crippen LogP contribution in [0.25, 0.3) is 0 Å². The Morgan fingerprint density at radius 1 is 1.29 bits per heavy atom. The van der Waals surface area contributed by atoms with Crippen molar-refractivity contribution in [2.45, 2.75) is 11.8 Å². The molecule has 1 N–H and O–H groups in total. The standard InChI is InChI=1S/C10H9FN2O2S2/c1-7-6-16-10(12-7)13-17(14,15)9-4-2-8(11)3-5-9/h2-6H,1H3,(H,12,13). The number of nitrogens with one attached hydrogen (secondary N) is 1. The van der Waals surface area contributed by atoms with Gasteiger partial charge in [0, 0.05) is 5.38 Å². The maximum Gasteiger partial charge on any atom is 0.263 e. The molecule has 0 fully saturated rings. The van der Waals surface area contributed by atoms with Crippen molar-refractivity contribution in [3.8, 4) is 0 Å². The van der Waals surface area contributed by atoms with Crippen LogP contribution >= 0.6 is 11.3 Å². The summed E-state index contributed by atoms with van der Waals surface area (Å²) in [5.74, 6) is -0.478. The van der Waals surface area contributed by atoms with Gasteiger partial charge in [-0.05, 0) is 31.2 Å². The van der Waals surface area contributed by atoms with Gasteiger partial charge in [-0.15, -0.1) is 11.3 Å². The molecular weight excluding hydrogens is 263 g/mol. The third-order valence-corrected chi connectivity index (χ3v) is 4.32. The van der Waals surface area contributed by atoms with E-state index >= 15 is 0 Å². The van der Waals surface area contributed by atoms with Gasteiger partial charge in [-0.25, -0.2) is 17.8 Å². The zero-order chi connectivity index (χ0) is 12.5. The third-order valence-electron chi connectivity index (χ3n) is 1.96. The van der Waals surface area contributed by atoms with Gasteiger partial charge in [0.05, 0.1) is 10.6 Å². The molecule has 0 aliphatic heterocycles. The lowest BCUT2D eigenvalue weighted by atomic mass is 10.4. The fraction of sp³-hybridized carbons (Fsp3) is 0.100. The average molecular weight is 272 g/mol. The SMILES string of the molecule is Cc1csc(NS(=O)(=O)c2ccc(F)cc2)n1. The molecule has 0 saturated carbocycles. The summed E-state index contributed by atoms with van der Waals surface area (Å²) in [5.41, 5.74) is 0.742. The van der Waals surface area contributed by atoms with Gasteiger partial charge in [0.25, 0.3) is 10.0 Å². The van der Waals surface area contributed by atoms with Gasteiger partial charge < -0.3 is 0 Å². The van der Waals surface area contributed by atoms with E-state index in [4.69, 9.17) is 0 Å². The second-order valence-electron chi connectivity index (χ2n) is 3.35. The number of sulfonamides is 1. The van der Waals surface area contributed by atoms with Gasteiger partial charge in [0.15, 0.2) is 5.13 Å². The fourth-order valence-electron chi connectivity index (χ4n) is 1.19. The molecule has 7 heteroatoms. The van der Waals surface area contributed by atoms with Crippen LogP contribution in [-0.2, 0) is 10.0 Å². The molecular formula is C10H9FN2O2S2. The molecule has 0 aliphatic carbocycles. The maximum atomic E-state index is 12.7. The summed E-state index contributed by atoms with van der Waals surface area (Å²) < 4.78 is 38.7. The van der Waals surface area contributed by atoms with Crippen LogP contribution in [-0.4, -0.2) is 13.4 Å². The number of halogens is 1. The van der Waals surface area contributed by atoms with E-state index in [1.165, 1.54) is 23.5 Å². The number of rotatable bonds is 3. The predicted molar refractivity (Wildman–Crippen MR) is 64.1 cm³/mol. The predicted octanol–water partition coefficient (Wildman–Crippen LogP) is 2.39. The van der Waals surface area contributed by atoms with E-state index in [0.717, 1.165) is 17.8 Å². The molecule has 0 aliphatic rings. The van der Waals surface area contributed by atoms with Crippen LogP contribution in [0, 0.1) is 12.7 Å². The van der Waals surface area contributed by atoms with Crippen LogP contribution in [0.2, 0.25) is 0 Å². The van der Waals surface area contributed by atoms with Gasteiger partial charge in [-0.1, -0.05) is 0 Å². The largest absolute Gasteiger partial charge is 0.263 e. The van der Waals surface area contributed by atoms with Crippen molar-refractivity contribution in [1.82, 2.24) is 4.98 Å². The lowest BCUT2D eigenvalue weighted by Gasteiger charge is -2.04. The Balaban J connectivity index is 2.28. The summed E-state index contributed by atoms with van der Waals surface area (Å²) in [4.78, 5) is 4.00. The molecule has 90 valence electrons. The number of hydrogen-bond donors (Lipinski definition) is 1. The van der Waals surface area contributed by atoms with E-state index in [9.17, 15) is 12.8 Å². The molecule has 0 saturated heterocycles. The Kier molecular flexibility index (Phi) is 3.12. The highest BCUT2D eigenvalue weighted by Gasteiger charge is 2.15. The van der Waals surface area contributed by atoms with Crippen LogP contribution in [0.3, 0.4) is 0 Å². The second kappa shape index (κ2) is 4.42. The molecule has 0 spiro atoms. The highest BCUT2D eigenvalue weighted by atomic mass is 32.2. The molecule has 17 heavy (non-hydrogen) atoms. The monoisotopic (exact) mass is 272 g/mol. The van der Waals surface area contributed by atoms with E-state index < -0.39 is 15.8 Å². The molecule has 0 atom stereocenters. The quantitative estimate of drug-likeness (QED) is 0.933. The van der Waals surface area contributed by atoms with E-state index in [0.29, 0.717) is 5.13 Å². The Morgan fingerprint density at radius 2 is 1.94 bits per heavy atom. The number of thiazole rings is 1. The number of aryl methyl sites for hydroxylation is 1. The van der Waals surface area contributed by atoms with E-state index in [-0.39, 0.29) is 4.90 Å². The lowest BCUT2D eigenvalue weighted by molar-refractivity contribution is 0.599. The van der Waals surface area contributed by atoms with Crippen LogP contribution < -0.4 is 4.72 Å². The number of anilines is 1. The van der Waals surface area contributed by atoms with E-state index in [1.807, 2.05) is 0 Å². The normalized spacial score (nSPS) is 11.4. The molecule has 0 amide bonds. The first-order valence-corrected chi connectivity index (χ1v) is 7.04. The lowest BCUT2D eigenvalue weighted by Crippen LogP contribution is -2.12. The highest BCUT2D eigenvalue weighted by Crippen LogP contribution is 2.19. The van der Waals surface area contributed by atoms with Crippen LogP contribution in [0.5, 0.6) is 0 Å². The summed E-state index contributed by atoms with van der Waals surface area (Å²) in [6.07, 6.45) is 0. The van der Waals surface area contributed by atoms with Crippen molar-refractivity contribution in [3.63, 3.8) is 0 Å². The van der Waals surface area contributed by atoms with E-state index in [1.54, 1.807) is 12.3 Å². The fourth-order valence-corrected chi connectivity index (χ4v) is 3.13. The van der Waals surface area contributed by atoms with Gasteiger partial charge in [0.2, 0.25) is 0 Å². The first-order valence-electron chi connectivity index (χ1n) is 4.68. The summed E-state index contributed by atoms with van der Waals surface area (Å²) in [7, 11) is -3.69. The topological polar surface area (TPSA) is 59.1 Å². The van der Waals surface area contributed by atoms with E-state index in [2.05, 4.69) is 9.71 Å². The zero-order valence-electron chi connectivity index (χ0n) is 8.84.